The van der Waals surface area contributed by atoms with Gasteiger partial charge in [0.25, 0.3) is 0 Å². The molecule has 0 fully saturated rings. The zero-order valence-corrected chi connectivity index (χ0v) is 12.3. The fourth-order valence-corrected chi connectivity index (χ4v) is 2.64. The van der Waals surface area contributed by atoms with Gasteiger partial charge < -0.3 is 15.8 Å². The molecule has 0 saturated heterocycles. The van der Waals surface area contributed by atoms with Crippen molar-refractivity contribution in [1.82, 2.24) is 4.98 Å². The van der Waals surface area contributed by atoms with Crippen LogP contribution in [0.15, 0.2) is 24.4 Å². The van der Waals surface area contributed by atoms with Crippen LogP contribution in [0.1, 0.15) is 29.8 Å². The van der Waals surface area contributed by atoms with E-state index in [0.717, 1.165) is 22.9 Å². The largest absolute Gasteiger partial charge is 0.497 e. The molecular weight excluding hydrogens is 258 g/mol. The van der Waals surface area contributed by atoms with Crippen LogP contribution in [-0.4, -0.2) is 12.1 Å². The lowest BCUT2D eigenvalue weighted by Gasteiger charge is -2.15. The smallest absolute Gasteiger partial charge is 0.121 e. The van der Waals surface area contributed by atoms with E-state index in [1.54, 1.807) is 18.4 Å². The van der Waals surface area contributed by atoms with Crippen LogP contribution in [0.3, 0.4) is 0 Å². The van der Waals surface area contributed by atoms with Crippen molar-refractivity contribution in [3.63, 3.8) is 0 Å². The molecule has 0 bridgehead atoms. The van der Waals surface area contributed by atoms with Gasteiger partial charge in [0, 0.05) is 17.1 Å². The summed E-state index contributed by atoms with van der Waals surface area (Å²) in [6.45, 7) is 4.22. The van der Waals surface area contributed by atoms with Crippen LogP contribution in [-0.2, 0) is 6.42 Å². The highest BCUT2D eigenvalue weighted by atomic mass is 32.1. The van der Waals surface area contributed by atoms with Gasteiger partial charge in [-0.15, -0.1) is 11.3 Å². The standard InChI is InChI=1S/C14H19N3OS/c1-4-11-8-16-14(19-11)9(2)17-13-6-5-10(18-3)7-12(13)15/h5-9,17H,4,15H2,1-3H3. The number of ether oxygens (including phenoxy) is 1. The van der Waals surface area contributed by atoms with Crippen LogP contribution in [0, 0.1) is 0 Å². The second-order valence-corrected chi connectivity index (χ2v) is 5.48. The topological polar surface area (TPSA) is 60.2 Å². The molecule has 0 aliphatic rings. The van der Waals surface area contributed by atoms with E-state index >= 15 is 0 Å². The Morgan fingerprint density at radius 1 is 1.47 bits per heavy atom. The Morgan fingerprint density at radius 3 is 2.84 bits per heavy atom. The summed E-state index contributed by atoms with van der Waals surface area (Å²) < 4.78 is 5.14. The van der Waals surface area contributed by atoms with E-state index in [9.17, 15) is 0 Å². The predicted molar refractivity (Wildman–Crippen MR) is 80.9 cm³/mol. The Kier molecular flexibility index (Phi) is 4.27. The van der Waals surface area contributed by atoms with E-state index in [4.69, 9.17) is 10.5 Å². The van der Waals surface area contributed by atoms with E-state index in [-0.39, 0.29) is 6.04 Å². The van der Waals surface area contributed by atoms with Crippen LogP contribution in [0.4, 0.5) is 11.4 Å². The average Bonchev–Trinajstić information content (AvgIpc) is 2.90. The number of thiazole rings is 1. The van der Waals surface area contributed by atoms with Gasteiger partial charge in [-0.3, -0.25) is 0 Å². The molecule has 4 nitrogen and oxygen atoms in total. The van der Waals surface area contributed by atoms with Crippen LogP contribution in [0.25, 0.3) is 0 Å². The number of benzene rings is 1. The van der Waals surface area contributed by atoms with Crippen molar-refractivity contribution in [3.05, 3.63) is 34.3 Å². The first-order chi connectivity index (χ1) is 9.13. The maximum Gasteiger partial charge on any atom is 0.121 e. The zero-order valence-electron chi connectivity index (χ0n) is 11.4. The third-order valence-corrected chi connectivity index (χ3v) is 4.25. The van der Waals surface area contributed by atoms with Crippen molar-refractivity contribution in [2.75, 3.05) is 18.2 Å². The van der Waals surface area contributed by atoms with E-state index < -0.39 is 0 Å². The molecule has 102 valence electrons. The molecule has 5 heteroatoms. The molecule has 1 atom stereocenters. The lowest BCUT2D eigenvalue weighted by Crippen LogP contribution is -2.08. The second kappa shape index (κ2) is 5.93. The summed E-state index contributed by atoms with van der Waals surface area (Å²) >= 11 is 1.73. The van der Waals surface area contributed by atoms with Crippen LogP contribution in [0.5, 0.6) is 5.75 Å². The lowest BCUT2D eigenvalue weighted by atomic mass is 10.2. The van der Waals surface area contributed by atoms with Gasteiger partial charge >= 0.3 is 0 Å². The molecule has 2 rings (SSSR count). The molecule has 1 aromatic heterocycles. The number of aromatic nitrogens is 1. The summed E-state index contributed by atoms with van der Waals surface area (Å²) in [5.41, 5.74) is 7.58. The number of nitrogens with zero attached hydrogens (tertiary/aromatic N) is 1. The normalized spacial score (nSPS) is 12.2. The second-order valence-electron chi connectivity index (χ2n) is 4.34. The number of methoxy groups -OCH3 is 1. The van der Waals surface area contributed by atoms with Crippen molar-refractivity contribution in [2.24, 2.45) is 0 Å². The highest BCUT2D eigenvalue weighted by Crippen LogP contribution is 2.29. The molecular formula is C14H19N3OS. The van der Waals surface area contributed by atoms with Crippen LogP contribution in [0.2, 0.25) is 0 Å². The third-order valence-electron chi connectivity index (χ3n) is 2.92. The van der Waals surface area contributed by atoms with Crippen LogP contribution >= 0.6 is 11.3 Å². The Morgan fingerprint density at radius 2 is 2.26 bits per heavy atom. The van der Waals surface area contributed by atoms with Gasteiger partial charge in [-0.2, -0.15) is 0 Å². The number of nitrogens with one attached hydrogen (secondary N) is 1. The zero-order chi connectivity index (χ0) is 13.8. The molecule has 19 heavy (non-hydrogen) atoms. The molecule has 3 N–H and O–H groups in total. The minimum Gasteiger partial charge on any atom is -0.497 e. The summed E-state index contributed by atoms with van der Waals surface area (Å²) in [5.74, 6) is 0.762. The molecule has 0 spiro atoms. The average molecular weight is 277 g/mol. The van der Waals surface area contributed by atoms with Gasteiger partial charge in [-0.25, -0.2) is 4.98 Å². The fraction of sp³-hybridized carbons (Fsp3) is 0.357. The third kappa shape index (κ3) is 3.17. The number of aryl methyl sites for hydroxylation is 1. The monoisotopic (exact) mass is 277 g/mol. The van der Waals surface area contributed by atoms with Gasteiger partial charge in [-0.1, -0.05) is 6.92 Å². The minimum absolute atomic E-state index is 0.140. The molecule has 1 heterocycles. The molecule has 1 aromatic carbocycles. The highest BCUT2D eigenvalue weighted by Gasteiger charge is 2.11. The summed E-state index contributed by atoms with van der Waals surface area (Å²) in [5, 5.41) is 4.46. The summed E-state index contributed by atoms with van der Waals surface area (Å²) in [4.78, 5) is 5.73. The maximum atomic E-state index is 6.00. The van der Waals surface area contributed by atoms with E-state index in [0.29, 0.717) is 5.69 Å². The number of rotatable bonds is 5. The van der Waals surface area contributed by atoms with Gasteiger partial charge in [0.15, 0.2) is 0 Å². The van der Waals surface area contributed by atoms with Crippen molar-refractivity contribution in [1.29, 1.82) is 0 Å². The van der Waals surface area contributed by atoms with E-state index in [1.165, 1.54) is 4.88 Å². The van der Waals surface area contributed by atoms with Crippen LogP contribution < -0.4 is 15.8 Å². The van der Waals surface area contributed by atoms with Gasteiger partial charge in [0.2, 0.25) is 0 Å². The number of hydrogen-bond donors (Lipinski definition) is 2. The van der Waals surface area contributed by atoms with Crippen molar-refractivity contribution >= 4 is 22.7 Å². The Labute approximate surface area is 117 Å². The Bertz CT molecular complexity index is 553. The van der Waals surface area contributed by atoms with Crippen molar-refractivity contribution in [3.8, 4) is 5.75 Å². The molecule has 2 aromatic rings. The number of nitrogens with two attached hydrogens (primary N) is 1. The number of hydrogen-bond acceptors (Lipinski definition) is 5. The first-order valence-corrected chi connectivity index (χ1v) is 7.10. The first kappa shape index (κ1) is 13.7. The summed E-state index contributed by atoms with van der Waals surface area (Å²) in [6, 6.07) is 5.78. The van der Waals surface area contributed by atoms with Gasteiger partial charge in [-0.05, 0) is 25.5 Å². The number of nitrogen functional groups attached to an aromatic ring is 1. The van der Waals surface area contributed by atoms with Gasteiger partial charge in [0.1, 0.15) is 10.8 Å². The fourth-order valence-electron chi connectivity index (χ4n) is 1.78. The molecule has 0 saturated carbocycles. The molecule has 1 unspecified atom stereocenters. The van der Waals surface area contributed by atoms with E-state index in [2.05, 4.69) is 24.1 Å². The van der Waals surface area contributed by atoms with Crippen molar-refractivity contribution in [2.45, 2.75) is 26.3 Å². The quantitative estimate of drug-likeness (QED) is 0.822. The Balaban J connectivity index is 2.12. The number of anilines is 2. The summed E-state index contributed by atoms with van der Waals surface area (Å²) in [6.07, 6.45) is 2.96. The molecule has 0 aliphatic heterocycles. The first-order valence-electron chi connectivity index (χ1n) is 6.28. The Hall–Kier alpha value is -1.75. The summed E-state index contributed by atoms with van der Waals surface area (Å²) in [7, 11) is 1.63. The van der Waals surface area contributed by atoms with Crippen molar-refractivity contribution < 1.29 is 4.74 Å². The lowest BCUT2D eigenvalue weighted by molar-refractivity contribution is 0.415. The van der Waals surface area contributed by atoms with Gasteiger partial charge in [0.05, 0.1) is 24.5 Å². The maximum absolute atomic E-state index is 6.00. The molecule has 0 aliphatic carbocycles. The molecule has 0 amide bonds. The van der Waals surface area contributed by atoms with E-state index in [1.807, 2.05) is 24.4 Å². The predicted octanol–water partition coefficient (Wildman–Crippen LogP) is 3.47. The highest BCUT2D eigenvalue weighted by molar-refractivity contribution is 7.11. The minimum atomic E-state index is 0.140. The molecule has 0 radical (unpaired) electrons. The SMILES string of the molecule is CCc1cnc(C(C)Nc2ccc(OC)cc2N)s1.